The monoisotopic (exact) mass is 489 g/mol. The second-order valence-corrected chi connectivity index (χ2v) is 10.9. The van der Waals surface area contributed by atoms with Gasteiger partial charge >= 0.3 is 10.2 Å². The summed E-state index contributed by atoms with van der Waals surface area (Å²) in [5.41, 5.74) is 0.877. The number of carbonyl (C=O) groups excluding carboxylic acids is 1. The molecule has 0 saturated carbocycles. The van der Waals surface area contributed by atoms with Crippen molar-refractivity contribution in [3.63, 3.8) is 0 Å². The fourth-order valence-corrected chi connectivity index (χ4v) is 4.89. The number of carbonyl (C=O) groups is 1. The van der Waals surface area contributed by atoms with Crippen LogP contribution in [0.5, 0.6) is 5.75 Å². The van der Waals surface area contributed by atoms with Crippen LogP contribution in [-0.4, -0.2) is 69.1 Å². The Morgan fingerprint density at radius 1 is 1.09 bits per heavy atom. The van der Waals surface area contributed by atoms with Gasteiger partial charge in [-0.25, -0.2) is 0 Å². The summed E-state index contributed by atoms with van der Waals surface area (Å²) in [7, 11) is 2.30. The zero-order valence-electron chi connectivity index (χ0n) is 20.7. The van der Waals surface area contributed by atoms with Gasteiger partial charge in [0, 0.05) is 28.2 Å². The number of nitrogens with zero attached hydrogens (tertiary/aromatic N) is 5. The van der Waals surface area contributed by atoms with Crippen molar-refractivity contribution in [2.45, 2.75) is 33.7 Å². The van der Waals surface area contributed by atoms with Gasteiger partial charge in [-0.1, -0.05) is 26.8 Å². The van der Waals surface area contributed by atoms with Crippen LogP contribution in [0.2, 0.25) is 0 Å². The quantitative estimate of drug-likeness (QED) is 0.700. The van der Waals surface area contributed by atoms with E-state index in [1.54, 1.807) is 51.5 Å². The number of rotatable bonds is 4. The molecular weight excluding hydrogens is 458 g/mol. The molecule has 2 aromatic rings. The van der Waals surface area contributed by atoms with Crippen molar-refractivity contribution >= 4 is 33.5 Å². The lowest BCUT2D eigenvalue weighted by Gasteiger charge is -2.38. The Kier molecular flexibility index (Phi) is 6.53. The van der Waals surface area contributed by atoms with Gasteiger partial charge in [0.25, 0.3) is 5.91 Å². The second kappa shape index (κ2) is 8.79. The van der Waals surface area contributed by atoms with E-state index in [4.69, 9.17) is 4.42 Å². The van der Waals surface area contributed by atoms with E-state index in [2.05, 4.69) is 8.80 Å². The Labute approximate surface area is 200 Å². The molecule has 1 aliphatic heterocycles. The molecule has 0 unspecified atom stereocenters. The molecule has 0 radical (unpaired) electrons. The number of amidine groups is 2. The van der Waals surface area contributed by atoms with Gasteiger partial charge in [-0.05, 0) is 36.1 Å². The predicted molar refractivity (Wildman–Crippen MR) is 132 cm³/mol. The summed E-state index contributed by atoms with van der Waals surface area (Å²) >= 11 is 0. The molecule has 1 N–H and O–H groups in total. The van der Waals surface area contributed by atoms with Gasteiger partial charge in [0.1, 0.15) is 5.76 Å². The van der Waals surface area contributed by atoms with E-state index in [-0.39, 0.29) is 46.0 Å². The van der Waals surface area contributed by atoms with Crippen molar-refractivity contribution in [1.82, 2.24) is 9.80 Å². The fourth-order valence-electron chi connectivity index (χ4n) is 4.00. The van der Waals surface area contributed by atoms with Crippen LogP contribution >= 0.6 is 0 Å². The lowest BCUT2D eigenvalue weighted by Crippen LogP contribution is -2.45. The molecule has 0 bridgehead atoms. The highest BCUT2D eigenvalue weighted by molar-refractivity contribution is 7.89. The Hall–Kier alpha value is -3.34. The summed E-state index contributed by atoms with van der Waals surface area (Å²) in [5, 5.41) is 10.9. The molecule has 1 aromatic heterocycles. The molecule has 1 aromatic carbocycles. The smallest absolute Gasteiger partial charge is 0.367 e. The van der Waals surface area contributed by atoms with Crippen molar-refractivity contribution in [2.24, 2.45) is 14.2 Å². The van der Waals surface area contributed by atoms with E-state index in [0.29, 0.717) is 5.76 Å². The number of hydrogen-bond donors (Lipinski definition) is 1. The molecular formula is C23H31N5O5S. The average molecular weight is 490 g/mol. The van der Waals surface area contributed by atoms with E-state index >= 15 is 0 Å². The highest BCUT2D eigenvalue weighted by Gasteiger charge is 2.40. The van der Waals surface area contributed by atoms with Crippen LogP contribution in [0.3, 0.4) is 0 Å². The summed E-state index contributed by atoms with van der Waals surface area (Å²) in [6.07, 6.45) is 1.64. The van der Waals surface area contributed by atoms with Crippen molar-refractivity contribution in [3.8, 4) is 5.75 Å². The van der Waals surface area contributed by atoms with Crippen molar-refractivity contribution in [1.29, 1.82) is 0 Å². The van der Waals surface area contributed by atoms with Gasteiger partial charge in [-0.15, -0.1) is 8.80 Å². The molecule has 0 saturated heterocycles. The number of aryl methyl sites for hydroxylation is 1. The zero-order valence-corrected chi connectivity index (χ0v) is 21.5. The summed E-state index contributed by atoms with van der Waals surface area (Å²) in [6.45, 7) is 7.95. The minimum atomic E-state index is -4.15. The largest absolute Gasteiger partial charge is 0.505 e. The minimum absolute atomic E-state index is 0.0183. The molecule has 0 fully saturated rings. The predicted octanol–water partition coefficient (Wildman–Crippen LogP) is 3.21. The Morgan fingerprint density at radius 2 is 1.71 bits per heavy atom. The molecule has 3 rings (SSSR count). The molecule has 11 heteroatoms. The second-order valence-electron chi connectivity index (χ2n) is 9.62. The van der Waals surface area contributed by atoms with Crippen LogP contribution in [0.4, 0.5) is 5.69 Å². The number of para-hydroxylation sites is 1. The Balaban J connectivity index is 2.08. The van der Waals surface area contributed by atoms with Crippen LogP contribution in [0.15, 0.2) is 43.7 Å². The number of hydrogen-bond acceptors (Lipinski definition) is 7. The van der Waals surface area contributed by atoms with E-state index in [9.17, 15) is 18.3 Å². The third-order valence-corrected chi connectivity index (χ3v) is 6.30. The molecule has 0 aliphatic carbocycles. The molecule has 1 amide bonds. The van der Waals surface area contributed by atoms with Crippen LogP contribution in [-0.2, 0) is 10.2 Å². The highest BCUT2D eigenvalue weighted by Crippen LogP contribution is 2.40. The fraction of sp³-hybridized carbons (Fsp3) is 0.435. The maximum Gasteiger partial charge on any atom is 0.367 e. The average Bonchev–Trinajstić information content (AvgIpc) is 3.28. The molecule has 10 nitrogen and oxygen atoms in total. The number of phenols is 1. The van der Waals surface area contributed by atoms with Gasteiger partial charge in [0.05, 0.1) is 23.6 Å². The molecule has 184 valence electrons. The number of amides is 1. The summed E-state index contributed by atoms with van der Waals surface area (Å²) < 4.78 is 38.5. The summed E-state index contributed by atoms with van der Waals surface area (Å²) in [4.78, 5) is 16.9. The van der Waals surface area contributed by atoms with Gasteiger partial charge in [-0.2, -0.15) is 8.42 Å². The molecule has 0 spiro atoms. The third kappa shape index (κ3) is 4.79. The number of anilines is 1. The zero-order chi connectivity index (χ0) is 25.6. The normalized spacial score (nSPS) is 16.0. The molecule has 1 atom stereocenters. The molecule has 2 heterocycles. The summed E-state index contributed by atoms with van der Waals surface area (Å²) in [5.74, 6) is 0.0976. The van der Waals surface area contributed by atoms with Gasteiger partial charge in [0.2, 0.25) is 0 Å². The molecule has 1 aliphatic rings. The first-order valence-corrected chi connectivity index (χ1v) is 12.0. The number of aromatic hydroxyl groups is 1. The molecule has 34 heavy (non-hydrogen) atoms. The van der Waals surface area contributed by atoms with E-state index in [0.717, 1.165) is 5.56 Å². The number of benzene rings is 1. The lowest BCUT2D eigenvalue weighted by atomic mass is 9.84. The van der Waals surface area contributed by atoms with Crippen molar-refractivity contribution in [2.75, 3.05) is 33.1 Å². The number of furan rings is 1. The lowest BCUT2D eigenvalue weighted by molar-refractivity contribution is 0.0824. The maximum atomic E-state index is 12.5. The third-order valence-electron chi connectivity index (χ3n) is 5.50. The van der Waals surface area contributed by atoms with E-state index < -0.39 is 10.2 Å². The van der Waals surface area contributed by atoms with Crippen LogP contribution in [0, 0.1) is 12.3 Å². The first kappa shape index (κ1) is 25.3. The topological polar surface area (TPSA) is 119 Å². The van der Waals surface area contributed by atoms with Crippen LogP contribution in [0.1, 0.15) is 48.5 Å². The van der Waals surface area contributed by atoms with E-state index in [1.165, 1.54) is 15.9 Å². The standard InChI is InChI=1S/C23H31N5O5S/c1-14-12-17(33-13-14)19(23(2,3)4)28(8)21-20(24-34(31,32)25-21)27(7)16-11-9-10-15(18(16)29)22(30)26(5)6/h9-13,19,29H,1-8H3/t19-/m0/s1. The maximum absolute atomic E-state index is 12.5. The highest BCUT2D eigenvalue weighted by atomic mass is 32.2. The van der Waals surface area contributed by atoms with Crippen molar-refractivity contribution in [3.05, 3.63) is 47.4 Å². The van der Waals surface area contributed by atoms with Gasteiger partial charge < -0.3 is 24.2 Å². The Morgan fingerprint density at radius 3 is 2.24 bits per heavy atom. The van der Waals surface area contributed by atoms with Gasteiger partial charge in [0.15, 0.2) is 17.4 Å². The SMILES string of the molecule is Cc1coc([C@H](N(C)C2=NS(=O)(=O)N=C2N(C)c2cccc(C(=O)N(C)C)c2O)C(C)(C)C)c1. The number of likely N-dealkylation sites (N-methyl/N-ethyl adjacent to an activating group) is 2. The van der Waals surface area contributed by atoms with Crippen LogP contribution < -0.4 is 4.90 Å². The van der Waals surface area contributed by atoms with Crippen molar-refractivity contribution < 1.29 is 22.7 Å². The van der Waals surface area contributed by atoms with Gasteiger partial charge in [-0.3, -0.25) is 4.79 Å². The number of phenolic OH excluding ortho intramolecular Hbond substituents is 1. The Bertz CT molecular complexity index is 1270. The summed E-state index contributed by atoms with van der Waals surface area (Å²) in [6, 6.07) is 6.21. The van der Waals surface area contributed by atoms with Crippen LogP contribution in [0.25, 0.3) is 0 Å². The van der Waals surface area contributed by atoms with E-state index in [1.807, 2.05) is 33.8 Å². The first-order chi connectivity index (χ1) is 15.6. The first-order valence-electron chi connectivity index (χ1n) is 10.6. The minimum Gasteiger partial charge on any atom is -0.505 e.